The van der Waals surface area contributed by atoms with Gasteiger partial charge in [-0.3, -0.25) is 10.1 Å². The molecule has 2 rings (SSSR count). The first-order valence-corrected chi connectivity index (χ1v) is 6.72. The maximum Gasteiger partial charge on any atom is 0.353 e. The Balaban J connectivity index is 2.37. The molecule has 7 heteroatoms. The molecule has 0 amide bonds. The van der Waals surface area contributed by atoms with E-state index in [-0.39, 0.29) is 5.69 Å². The first-order chi connectivity index (χ1) is 9.24. The third kappa shape index (κ3) is 3.10. The predicted molar refractivity (Wildman–Crippen MR) is 73.5 cm³/mol. The summed E-state index contributed by atoms with van der Waals surface area (Å²) in [5.41, 5.74) is -0.00810. The van der Waals surface area contributed by atoms with Crippen molar-refractivity contribution in [1.82, 2.24) is 9.97 Å². The van der Waals surface area contributed by atoms with Gasteiger partial charge in [0.2, 0.25) is 11.6 Å². The molecule has 104 valence electrons. The molecule has 0 spiro atoms. The SMILES string of the molecule is CCNc1ncnc(N2CCCCCC2)c1[N+](=O)[O-]. The van der Waals surface area contributed by atoms with E-state index in [1.807, 2.05) is 11.8 Å². The fourth-order valence-electron chi connectivity index (χ4n) is 2.35. The number of nitrogens with zero attached hydrogens (tertiary/aromatic N) is 4. The zero-order valence-electron chi connectivity index (χ0n) is 11.1. The van der Waals surface area contributed by atoms with Crippen LogP contribution < -0.4 is 10.2 Å². The van der Waals surface area contributed by atoms with Crippen molar-refractivity contribution in [2.45, 2.75) is 32.6 Å². The van der Waals surface area contributed by atoms with Gasteiger partial charge in [-0.25, -0.2) is 9.97 Å². The van der Waals surface area contributed by atoms with E-state index in [1.54, 1.807) is 0 Å². The van der Waals surface area contributed by atoms with Crippen molar-refractivity contribution in [1.29, 1.82) is 0 Å². The van der Waals surface area contributed by atoms with Gasteiger partial charge in [-0.15, -0.1) is 0 Å². The van der Waals surface area contributed by atoms with E-state index in [4.69, 9.17) is 0 Å². The molecule has 19 heavy (non-hydrogen) atoms. The molecule has 0 aromatic carbocycles. The van der Waals surface area contributed by atoms with Gasteiger partial charge in [0.15, 0.2) is 0 Å². The van der Waals surface area contributed by atoms with Gasteiger partial charge in [-0.05, 0) is 19.8 Å². The van der Waals surface area contributed by atoms with Gasteiger partial charge in [-0.2, -0.15) is 0 Å². The van der Waals surface area contributed by atoms with Crippen LogP contribution in [0.4, 0.5) is 17.3 Å². The van der Waals surface area contributed by atoms with E-state index < -0.39 is 4.92 Å². The van der Waals surface area contributed by atoms with Crippen molar-refractivity contribution in [2.75, 3.05) is 29.9 Å². The van der Waals surface area contributed by atoms with Crippen LogP contribution in [0.25, 0.3) is 0 Å². The zero-order chi connectivity index (χ0) is 13.7. The Kier molecular flexibility index (Phi) is 4.48. The van der Waals surface area contributed by atoms with Gasteiger partial charge >= 0.3 is 5.69 Å². The second-order valence-corrected chi connectivity index (χ2v) is 4.58. The summed E-state index contributed by atoms with van der Waals surface area (Å²) in [7, 11) is 0. The molecule has 7 nitrogen and oxygen atoms in total. The first-order valence-electron chi connectivity index (χ1n) is 6.72. The number of aromatic nitrogens is 2. The number of nitrogens with one attached hydrogen (secondary N) is 1. The normalized spacial score (nSPS) is 15.9. The minimum atomic E-state index is -0.391. The predicted octanol–water partition coefficient (Wildman–Crippen LogP) is 2.20. The maximum atomic E-state index is 11.3. The summed E-state index contributed by atoms with van der Waals surface area (Å²) >= 11 is 0. The van der Waals surface area contributed by atoms with Crippen LogP contribution in [-0.4, -0.2) is 34.5 Å². The van der Waals surface area contributed by atoms with Crippen molar-refractivity contribution >= 4 is 17.3 Å². The van der Waals surface area contributed by atoms with Crippen LogP contribution in [0.2, 0.25) is 0 Å². The second kappa shape index (κ2) is 6.31. The number of rotatable bonds is 4. The smallest absolute Gasteiger partial charge is 0.353 e. The lowest BCUT2D eigenvalue weighted by Gasteiger charge is -2.21. The Morgan fingerprint density at radius 3 is 2.58 bits per heavy atom. The zero-order valence-corrected chi connectivity index (χ0v) is 11.1. The lowest BCUT2D eigenvalue weighted by Crippen LogP contribution is -2.26. The topological polar surface area (TPSA) is 84.2 Å². The molecule has 1 aromatic heterocycles. The standard InChI is InChI=1S/C12H19N5O2/c1-2-13-11-10(17(18)19)12(15-9-14-11)16-7-5-3-4-6-8-16/h9H,2-8H2,1H3,(H,13,14,15). The monoisotopic (exact) mass is 265 g/mol. The molecular formula is C12H19N5O2. The Morgan fingerprint density at radius 2 is 2.00 bits per heavy atom. The molecule has 1 saturated heterocycles. The van der Waals surface area contributed by atoms with Crippen LogP contribution in [0.15, 0.2) is 6.33 Å². The van der Waals surface area contributed by atoms with Gasteiger partial charge in [0, 0.05) is 19.6 Å². The van der Waals surface area contributed by atoms with E-state index in [1.165, 1.54) is 19.2 Å². The minimum absolute atomic E-state index is 0.00810. The summed E-state index contributed by atoms with van der Waals surface area (Å²) in [5, 5.41) is 14.2. The molecule has 1 aliphatic heterocycles. The maximum absolute atomic E-state index is 11.3. The number of hydrogen-bond donors (Lipinski definition) is 1. The highest BCUT2D eigenvalue weighted by Crippen LogP contribution is 2.32. The van der Waals surface area contributed by atoms with Crippen LogP contribution in [0.3, 0.4) is 0 Å². The minimum Gasteiger partial charge on any atom is -0.364 e. The summed E-state index contributed by atoms with van der Waals surface area (Å²) in [6, 6.07) is 0. The van der Waals surface area contributed by atoms with Crippen molar-refractivity contribution in [3.8, 4) is 0 Å². The van der Waals surface area contributed by atoms with Gasteiger partial charge in [0.1, 0.15) is 6.33 Å². The van der Waals surface area contributed by atoms with E-state index in [0.29, 0.717) is 18.2 Å². The summed E-state index contributed by atoms with van der Waals surface area (Å²) in [6.45, 7) is 4.13. The summed E-state index contributed by atoms with van der Waals surface area (Å²) < 4.78 is 0. The van der Waals surface area contributed by atoms with Crippen LogP contribution in [-0.2, 0) is 0 Å². The van der Waals surface area contributed by atoms with E-state index in [2.05, 4.69) is 15.3 Å². The highest BCUT2D eigenvalue weighted by Gasteiger charge is 2.26. The lowest BCUT2D eigenvalue weighted by atomic mass is 10.2. The molecule has 0 bridgehead atoms. The number of hydrogen-bond acceptors (Lipinski definition) is 6. The van der Waals surface area contributed by atoms with Gasteiger partial charge < -0.3 is 10.2 Å². The van der Waals surface area contributed by atoms with Crippen molar-refractivity contribution < 1.29 is 4.92 Å². The van der Waals surface area contributed by atoms with Crippen LogP contribution in [0, 0.1) is 10.1 Å². The molecule has 0 unspecified atom stereocenters. The molecular weight excluding hydrogens is 246 g/mol. The van der Waals surface area contributed by atoms with Crippen molar-refractivity contribution in [3.63, 3.8) is 0 Å². The Morgan fingerprint density at radius 1 is 1.32 bits per heavy atom. The average molecular weight is 265 g/mol. The second-order valence-electron chi connectivity index (χ2n) is 4.58. The Hall–Kier alpha value is -1.92. The number of anilines is 2. The van der Waals surface area contributed by atoms with Gasteiger partial charge in [0.25, 0.3) is 0 Å². The van der Waals surface area contributed by atoms with E-state index >= 15 is 0 Å². The molecule has 1 fully saturated rings. The van der Waals surface area contributed by atoms with Crippen molar-refractivity contribution in [2.24, 2.45) is 0 Å². The summed E-state index contributed by atoms with van der Waals surface area (Å²) in [4.78, 5) is 21.0. The third-order valence-electron chi connectivity index (χ3n) is 3.24. The average Bonchev–Trinajstić information content (AvgIpc) is 2.67. The fourth-order valence-corrected chi connectivity index (χ4v) is 2.35. The summed E-state index contributed by atoms with van der Waals surface area (Å²) in [5.74, 6) is 0.750. The van der Waals surface area contributed by atoms with Crippen molar-refractivity contribution in [3.05, 3.63) is 16.4 Å². The quantitative estimate of drug-likeness (QED) is 0.663. The van der Waals surface area contributed by atoms with Crippen LogP contribution in [0.1, 0.15) is 32.6 Å². The molecule has 0 atom stereocenters. The van der Waals surface area contributed by atoms with Crippen LogP contribution in [0.5, 0.6) is 0 Å². The summed E-state index contributed by atoms with van der Waals surface area (Å²) in [6.07, 6.45) is 5.85. The molecule has 0 aliphatic carbocycles. The first kappa shape index (κ1) is 13.5. The number of nitro groups is 1. The lowest BCUT2D eigenvalue weighted by molar-refractivity contribution is -0.383. The molecule has 2 heterocycles. The molecule has 1 aliphatic rings. The third-order valence-corrected chi connectivity index (χ3v) is 3.24. The van der Waals surface area contributed by atoms with Crippen LogP contribution >= 0.6 is 0 Å². The largest absolute Gasteiger partial charge is 0.364 e. The highest BCUT2D eigenvalue weighted by molar-refractivity contribution is 5.70. The molecule has 1 N–H and O–H groups in total. The molecule has 0 saturated carbocycles. The Labute approximate surface area is 112 Å². The van der Waals surface area contributed by atoms with E-state index in [0.717, 1.165) is 25.9 Å². The highest BCUT2D eigenvalue weighted by atomic mass is 16.6. The Bertz CT molecular complexity index is 444. The van der Waals surface area contributed by atoms with Gasteiger partial charge in [0.05, 0.1) is 4.92 Å². The fraction of sp³-hybridized carbons (Fsp3) is 0.667. The van der Waals surface area contributed by atoms with Gasteiger partial charge in [-0.1, -0.05) is 12.8 Å². The van der Waals surface area contributed by atoms with E-state index in [9.17, 15) is 10.1 Å². The molecule has 0 radical (unpaired) electrons. The molecule has 1 aromatic rings.